The number of nitrogens with one attached hydrogen (secondary N) is 1. The van der Waals surface area contributed by atoms with E-state index in [-0.39, 0.29) is 43.7 Å². The van der Waals surface area contributed by atoms with Crippen LogP contribution in [0.15, 0.2) is 78.9 Å². The number of methoxy groups -OCH3 is 1. The molecule has 3 aromatic rings. The van der Waals surface area contributed by atoms with Crippen LogP contribution in [-0.2, 0) is 32.6 Å². The standard InChI is InChI=1S/C32H40ClN3O5S/c1-24(2)22-34-32(38)30(21-25-9-6-5-7-10-25)35(23-26-12-14-27(33)15-13-26)31(37)11-8-20-36(42(4,39)40)28-16-18-29(41-3)19-17-28/h5-7,9-10,12-19,24,30H,8,11,20-23H2,1-4H3,(H,34,38)/t30-/m1/s1. The average molecular weight is 614 g/mol. The molecule has 3 rings (SSSR count). The van der Waals surface area contributed by atoms with Gasteiger partial charge in [0.25, 0.3) is 0 Å². The summed E-state index contributed by atoms with van der Waals surface area (Å²) in [6.45, 7) is 4.82. The molecule has 226 valence electrons. The largest absolute Gasteiger partial charge is 0.497 e. The molecule has 0 aliphatic heterocycles. The highest BCUT2D eigenvalue weighted by atomic mass is 35.5. The van der Waals surface area contributed by atoms with E-state index in [1.807, 2.05) is 56.3 Å². The van der Waals surface area contributed by atoms with Crippen LogP contribution in [0.5, 0.6) is 5.75 Å². The topological polar surface area (TPSA) is 96.0 Å². The second kappa shape index (κ2) is 15.6. The lowest BCUT2D eigenvalue weighted by molar-refractivity contribution is -0.141. The van der Waals surface area contributed by atoms with Gasteiger partial charge >= 0.3 is 0 Å². The van der Waals surface area contributed by atoms with Gasteiger partial charge in [0.1, 0.15) is 11.8 Å². The van der Waals surface area contributed by atoms with Crippen LogP contribution in [0, 0.1) is 5.92 Å². The van der Waals surface area contributed by atoms with Crippen molar-refractivity contribution in [1.29, 1.82) is 0 Å². The van der Waals surface area contributed by atoms with Gasteiger partial charge < -0.3 is 15.0 Å². The van der Waals surface area contributed by atoms with Crippen LogP contribution >= 0.6 is 11.6 Å². The highest BCUT2D eigenvalue weighted by Gasteiger charge is 2.30. The number of benzene rings is 3. The van der Waals surface area contributed by atoms with Gasteiger partial charge in [-0.2, -0.15) is 0 Å². The van der Waals surface area contributed by atoms with Crippen molar-refractivity contribution in [3.8, 4) is 5.75 Å². The Bertz CT molecular complexity index is 1400. The summed E-state index contributed by atoms with van der Waals surface area (Å²) < 4.78 is 31.7. The molecule has 0 radical (unpaired) electrons. The number of nitrogens with zero attached hydrogens (tertiary/aromatic N) is 2. The van der Waals surface area contributed by atoms with E-state index in [0.29, 0.717) is 29.4 Å². The summed E-state index contributed by atoms with van der Waals surface area (Å²) >= 11 is 6.10. The lowest BCUT2D eigenvalue weighted by Gasteiger charge is -2.32. The molecule has 1 atom stereocenters. The number of ether oxygens (including phenoxy) is 1. The lowest BCUT2D eigenvalue weighted by Crippen LogP contribution is -2.51. The van der Waals surface area contributed by atoms with Crippen LogP contribution < -0.4 is 14.4 Å². The van der Waals surface area contributed by atoms with Crippen LogP contribution in [0.4, 0.5) is 5.69 Å². The minimum atomic E-state index is -3.60. The Balaban J connectivity index is 1.86. The third-order valence-electron chi connectivity index (χ3n) is 6.73. The third kappa shape index (κ3) is 10.1. The normalized spacial score (nSPS) is 12.0. The molecule has 1 N–H and O–H groups in total. The smallest absolute Gasteiger partial charge is 0.243 e. The summed E-state index contributed by atoms with van der Waals surface area (Å²) in [6, 6.07) is 22.7. The Morgan fingerprint density at radius 1 is 0.929 bits per heavy atom. The third-order valence-corrected chi connectivity index (χ3v) is 8.18. The van der Waals surface area contributed by atoms with Crippen molar-refractivity contribution in [1.82, 2.24) is 10.2 Å². The summed E-state index contributed by atoms with van der Waals surface area (Å²) in [5.41, 5.74) is 2.25. The quantitative estimate of drug-likeness (QED) is 0.251. The zero-order valence-electron chi connectivity index (χ0n) is 24.6. The van der Waals surface area contributed by atoms with Crippen LogP contribution in [-0.4, -0.2) is 57.6 Å². The second-order valence-corrected chi connectivity index (χ2v) is 13.0. The summed E-state index contributed by atoms with van der Waals surface area (Å²) in [4.78, 5) is 29.0. The Labute approximate surface area is 254 Å². The molecular weight excluding hydrogens is 574 g/mol. The first-order chi connectivity index (χ1) is 20.0. The molecule has 2 amide bonds. The summed E-state index contributed by atoms with van der Waals surface area (Å²) in [7, 11) is -2.06. The second-order valence-electron chi connectivity index (χ2n) is 10.6. The number of hydrogen-bond acceptors (Lipinski definition) is 5. The average Bonchev–Trinajstić information content (AvgIpc) is 2.96. The Hall–Kier alpha value is -3.56. The van der Waals surface area contributed by atoms with Crippen molar-refractivity contribution in [2.45, 2.75) is 45.7 Å². The van der Waals surface area contributed by atoms with Gasteiger partial charge in [-0.3, -0.25) is 13.9 Å². The van der Waals surface area contributed by atoms with E-state index in [4.69, 9.17) is 16.3 Å². The van der Waals surface area contributed by atoms with Crippen molar-refractivity contribution in [3.63, 3.8) is 0 Å². The van der Waals surface area contributed by atoms with E-state index >= 15 is 0 Å². The maximum Gasteiger partial charge on any atom is 0.243 e. The molecule has 3 aromatic carbocycles. The van der Waals surface area contributed by atoms with Gasteiger partial charge in [-0.25, -0.2) is 8.42 Å². The van der Waals surface area contributed by atoms with E-state index in [0.717, 1.165) is 17.4 Å². The molecule has 0 heterocycles. The zero-order chi connectivity index (χ0) is 30.7. The zero-order valence-corrected chi connectivity index (χ0v) is 26.2. The molecule has 0 unspecified atom stereocenters. The first-order valence-electron chi connectivity index (χ1n) is 13.9. The number of sulfonamides is 1. The molecule has 0 saturated carbocycles. The number of anilines is 1. The van der Waals surface area contributed by atoms with Crippen LogP contribution in [0.1, 0.15) is 37.8 Å². The number of rotatable bonds is 15. The van der Waals surface area contributed by atoms with Gasteiger partial charge in [-0.1, -0.05) is 67.9 Å². The summed E-state index contributed by atoms with van der Waals surface area (Å²) in [5, 5.41) is 3.58. The first kappa shape index (κ1) is 32.9. The maximum atomic E-state index is 13.9. The van der Waals surface area contributed by atoms with Gasteiger partial charge in [-0.05, 0) is 59.9 Å². The highest BCUT2D eigenvalue weighted by Crippen LogP contribution is 2.23. The highest BCUT2D eigenvalue weighted by molar-refractivity contribution is 7.92. The number of carbonyl (C=O) groups excluding carboxylic acids is 2. The van der Waals surface area contributed by atoms with E-state index < -0.39 is 16.1 Å². The van der Waals surface area contributed by atoms with Crippen molar-refractivity contribution in [2.24, 2.45) is 5.92 Å². The van der Waals surface area contributed by atoms with E-state index in [2.05, 4.69) is 5.32 Å². The number of amides is 2. The van der Waals surface area contributed by atoms with Crippen molar-refractivity contribution in [3.05, 3.63) is 95.0 Å². The molecule has 10 heteroatoms. The summed E-state index contributed by atoms with van der Waals surface area (Å²) in [5.74, 6) is 0.381. The predicted molar refractivity (Wildman–Crippen MR) is 168 cm³/mol. The molecule has 0 aliphatic carbocycles. The van der Waals surface area contributed by atoms with Gasteiger partial charge in [0.2, 0.25) is 21.8 Å². The Morgan fingerprint density at radius 2 is 1.57 bits per heavy atom. The first-order valence-corrected chi connectivity index (χ1v) is 16.2. The molecule has 42 heavy (non-hydrogen) atoms. The number of halogens is 1. The van der Waals surface area contributed by atoms with Crippen molar-refractivity contribution < 1.29 is 22.7 Å². The Kier molecular flexibility index (Phi) is 12.2. The monoisotopic (exact) mass is 613 g/mol. The fourth-order valence-corrected chi connectivity index (χ4v) is 5.61. The minimum Gasteiger partial charge on any atom is -0.497 e. The lowest BCUT2D eigenvalue weighted by atomic mass is 10.0. The van der Waals surface area contributed by atoms with E-state index in [1.54, 1.807) is 48.4 Å². The molecule has 0 saturated heterocycles. The Morgan fingerprint density at radius 3 is 2.14 bits per heavy atom. The molecule has 0 spiro atoms. The molecule has 0 aliphatic rings. The van der Waals surface area contributed by atoms with Gasteiger partial charge in [0.15, 0.2) is 0 Å². The fourth-order valence-electron chi connectivity index (χ4n) is 4.52. The van der Waals surface area contributed by atoms with E-state index in [9.17, 15) is 18.0 Å². The van der Waals surface area contributed by atoms with E-state index in [1.165, 1.54) is 4.31 Å². The predicted octanol–water partition coefficient (Wildman–Crippen LogP) is 5.31. The maximum absolute atomic E-state index is 13.9. The van der Waals surface area contributed by atoms with Gasteiger partial charge in [0.05, 0.1) is 19.1 Å². The molecule has 8 nitrogen and oxygen atoms in total. The molecule has 0 fully saturated rings. The summed E-state index contributed by atoms with van der Waals surface area (Å²) in [6.07, 6.45) is 1.80. The fraction of sp³-hybridized carbons (Fsp3) is 0.375. The van der Waals surface area contributed by atoms with Gasteiger partial charge in [0, 0.05) is 37.5 Å². The SMILES string of the molecule is COc1ccc(N(CCCC(=O)N(Cc2ccc(Cl)cc2)[C@H](Cc2ccccc2)C(=O)NCC(C)C)S(C)(=O)=O)cc1. The minimum absolute atomic E-state index is 0.0541. The van der Waals surface area contributed by atoms with Crippen LogP contribution in [0.3, 0.4) is 0 Å². The van der Waals surface area contributed by atoms with Crippen LogP contribution in [0.25, 0.3) is 0 Å². The van der Waals surface area contributed by atoms with Gasteiger partial charge in [-0.15, -0.1) is 0 Å². The number of hydrogen-bond donors (Lipinski definition) is 1. The molecule has 0 bridgehead atoms. The van der Waals surface area contributed by atoms with Crippen molar-refractivity contribution in [2.75, 3.05) is 30.8 Å². The van der Waals surface area contributed by atoms with Crippen LogP contribution in [0.2, 0.25) is 5.02 Å². The number of carbonyl (C=O) groups is 2. The molecular formula is C32H40ClN3O5S. The molecule has 0 aromatic heterocycles. The van der Waals surface area contributed by atoms with Crippen molar-refractivity contribution >= 4 is 39.1 Å².